The fraction of sp³-hybridized carbons (Fsp3) is 0.348. The maximum absolute atomic E-state index is 9.56. The van der Waals surface area contributed by atoms with E-state index in [2.05, 4.69) is 63.8 Å². The maximum atomic E-state index is 9.56. The van der Waals surface area contributed by atoms with Gasteiger partial charge in [-0.2, -0.15) is 19.6 Å². The van der Waals surface area contributed by atoms with Gasteiger partial charge in [0.1, 0.15) is 0 Å². The fourth-order valence-corrected chi connectivity index (χ4v) is 3.37. The Balaban J connectivity index is 1.59. The van der Waals surface area contributed by atoms with Crippen LogP contribution < -0.4 is 10.6 Å². The second kappa shape index (κ2) is 9.18. The molecule has 8 heteroatoms. The van der Waals surface area contributed by atoms with Crippen LogP contribution in [0.5, 0.6) is 0 Å². The van der Waals surface area contributed by atoms with Gasteiger partial charge in [-0.05, 0) is 29.5 Å². The third-order valence-corrected chi connectivity index (χ3v) is 5.32. The van der Waals surface area contributed by atoms with Gasteiger partial charge in [0, 0.05) is 17.7 Å². The standard InChI is InChI=1S/C23H28N6O2/c1-4-19(13-30)26-22-27-21-20(15(2)3)12-25-29(21)23(28-22)24-11-16-5-7-17(8-6-16)18-9-10-31-14-18/h5-10,12,14-15,19,30H,4,11,13H2,1-3H3,(H2,24,26,27,28). The summed E-state index contributed by atoms with van der Waals surface area (Å²) in [7, 11) is 0. The van der Waals surface area contributed by atoms with E-state index >= 15 is 0 Å². The molecule has 0 radical (unpaired) electrons. The summed E-state index contributed by atoms with van der Waals surface area (Å²) in [6.45, 7) is 6.85. The Labute approximate surface area is 181 Å². The lowest BCUT2D eigenvalue weighted by Gasteiger charge is -2.16. The smallest absolute Gasteiger partial charge is 0.229 e. The van der Waals surface area contributed by atoms with Gasteiger partial charge in [-0.15, -0.1) is 0 Å². The van der Waals surface area contributed by atoms with E-state index in [-0.39, 0.29) is 18.6 Å². The zero-order valence-corrected chi connectivity index (χ0v) is 18.0. The number of benzene rings is 1. The summed E-state index contributed by atoms with van der Waals surface area (Å²) in [5, 5.41) is 20.7. The third kappa shape index (κ3) is 4.54. The molecular formula is C23H28N6O2. The van der Waals surface area contributed by atoms with Gasteiger partial charge in [0.05, 0.1) is 31.4 Å². The Hall–Kier alpha value is -3.39. The second-order valence-electron chi connectivity index (χ2n) is 7.86. The average molecular weight is 421 g/mol. The van der Waals surface area contributed by atoms with E-state index in [0.29, 0.717) is 18.4 Å². The number of furan rings is 1. The van der Waals surface area contributed by atoms with E-state index in [1.807, 2.05) is 19.2 Å². The molecule has 0 aliphatic heterocycles. The summed E-state index contributed by atoms with van der Waals surface area (Å²) in [4.78, 5) is 9.29. The number of aliphatic hydroxyl groups excluding tert-OH is 1. The molecule has 31 heavy (non-hydrogen) atoms. The Kier molecular flexibility index (Phi) is 6.18. The van der Waals surface area contributed by atoms with Crippen LogP contribution in [0.4, 0.5) is 11.9 Å². The molecule has 8 nitrogen and oxygen atoms in total. The van der Waals surface area contributed by atoms with Gasteiger partial charge < -0.3 is 20.2 Å². The number of nitrogens with one attached hydrogen (secondary N) is 2. The number of rotatable bonds is 9. The lowest BCUT2D eigenvalue weighted by Crippen LogP contribution is -2.24. The van der Waals surface area contributed by atoms with E-state index < -0.39 is 0 Å². The molecule has 0 amide bonds. The van der Waals surface area contributed by atoms with Crippen molar-refractivity contribution in [2.75, 3.05) is 17.2 Å². The molecule has 0 aliphatic rings. The van der Waals surface area contributed by atoms with Crippen LogP contribution in [-0.2, 0) is 6.54 Å². The van der Waals surface area contributed by atoms with Crippen molar-refractivity contribution in [3.63, 3.8) is 0 Å². The Morgan fingerprint density at radius 1 is 1.10 bits per heavy atom. The molecule has 4 aromatic rings. The first-order valence-electron chi connectivity index (χ1n) is 10.6. The minimum absolute atomic E-state index is 0.0209. The van der Waals surface area contributed by atoms with Crippen molar-refractivity contribution in [2.45, 2.75) is 45.7 Å². The van der Waals surface area contributed by atoms with Crippen molar-refractivity contribution in [1.29, 1.82) is 0 Å². The molecule has 1 unspecified atom stereocenters. The summed E-state index contributed by atoms with van der Waals surface area (Å²) in [6, 6.07) is 10.1. The van der Waals surface area contributed by atoms with E-state index in [9.17, 15) is 5.11 Å². The van der Waals surface area contributed by atoms with Crippen LogP contribution in [0.2, 0.25) is 0 Å². The van der Waals surface area contributed by atoms with Gasteiger partial charge in [-0.25, -0.2) is 0 Å². The van der Waals surface area contributed by atoms with E-state index in [0.717, 1.165) is 34.3 Å². The highest BCUT2D eigenvalue weighted by molar-refractivity contribution is 5.62. The monoisotopic (exact) mass is 420 g/mol. The van der Waals surface area contributed by atoms with E-state index in [1.165, 1.54) is 0 Å². The predicted molar refractivity (Wildman–Crippen MR) is 121 cm³/mol. The molecule has 0 fully saturated rings. The largest absolute Gasteiger partial charge is 0.472 e. The van der Waals surface area contributed by atoms with E-state index in [1.54, 1.807) is 17.0 Å². The number of hydrogen-bond acceptors (Lipinski definition) is 7. The molecule has 0 aliphatic carbocycles. The van der Waals surface area contributed by atoms with Crippen LogP contribution in [-0.4, -0.2) is 37.3 Å². The Morgan fingerprint density at radius 2 is 1.90 bits per heavy atom. The molecular weight excluding hydrogens is 392 g/mol. The molecule has 1 aromatic carbocycles. The van der Waals surface area contributed by atoms with Gasteiger partial charge in [0.25, 0.3) is 0 Å². The number of aromatic nitrogens is 4. The average Bonchev–Trinajstić information content (AvgIpc) is 3.46. The zero-order chi connectivity index (χ0) is 21.8. The number of fused-ring (bicyclic) bond motifs is 1. The summed E-state index contributed by atoms with van der Waals surface area (Å²) >= 11 is 0. The van der Waals surface area contributed by atoms with E-state index in [4.69, 9.17) is 4.42 Å². The quantitative estimate of drug-likeness (QED) is 0.371. The second-order valence-corrected chi connectivity index (χ2v) is 7.86. The van der Waals surface area contributed by atoms with Gasteiger partial charge in [0.15, 0.2) is 5.65 Å². The summed E-state index contributed by atoms with van der Waals surface area (Å²) in [5.41, 5.74) is 5.09. The molecule has 1 atom stereocenters. The van der Waals surface area contributed by atoms with Crippen LogP contribution in [0, 0.1) is 0 Å². The van der Waals surface area contributed by atoms with Crippen LogP contribution in [0.25, 0.3) is 16.8 Å². The number of hydrogen-bond donors (Lipinski definition) is 3. The van der Waals surface area contributed by atoms with Gasteiger partial charge in [-0.3, -0.25) is 0 Å². The highest BCUT2D eigenvalue weighted by Crippen LogP contribution is 2.23. The van der Waals surface area contributed by atoms with Crippen LogP contribution >= 0.6 is 0 Å². The molecule has 4 rings (SSSR count). The van der Waals surface area contributed by atoms with Gasteiger partial charge >= 0.3 is 0 Å². The topological polar surface area (TPSA) is 101 Å². The molecule has 0 saturated carbocycles. The van der Waals surface area contributed by atoms with Crippen molar-refractivity contribution >= 4 is 17.5 Å². The first kappa shape index (κ1) is 20.9. The summed E-state index contributed by atoms with van der Waals surface area (Å²) in [6.07, 6.45) is 6.02. The summed E-state index contributed by atoms with van der Waals surface area (Å²) in [5.74, 6) is 1.36. The highest BCUT2D eigenvalue weighted by Gasteiger charge is 2.16. The number of nitrogens with zero attached hydrogens (tertiary/aromatic N) is 4. The molecule has 0 spiro atoms. The van der Waals surface area contributed by atoms with Gasteiger partial charge in [-0.1, -0.05) is 45.0 Å². The van der Waals surface area contributed by atoms with Gasteiger partial charge in [0.2, 0.25) is 11.9 Å². The SMILES string of the molecule is CCC(CO)Nc1nc(NCc2ccc(-c3ccoc3)cc2)n2ncc(C(C)C)c2n1. The number of aliphatic hydroxyl groups is 1. The third-order valence-electron chi connectivity index (χ3n) is 5.32. The lowest BCUT2D eigenvalue weighted by molar-refractivity contribution is 0.271. The zero-order valence-electron chi connectivity index (χ0n) is 18.0. The first-order valence-corrected chi connectivity index (χ1v) is 10.6. The highest BCUT2D eigenvalue weighted by atomic mass is 16.3. The molecule has 3 heterocycles. The minimum Gasteiger partial charge on any atom is -0.472 e. The molecule has 3 N–H and O–H groups in total. The van der Waals surface area contributed by atoms with Crippen LogP contribution in [0.1, 0.15) is 44.2 Å². The molecule has 0 saturated heterocycles. The van der Waals surface area contributed by atoms with Crippen molar-refractivity contribution in [3.8, 4) is 11.1 Å². The van der Waals surface area contributed by atoms with Crippen molar-refractivity contribution in [2.24, 2.45) is 0 Å². The molecule has 3 aromatic heterocycles. The Morgan fingerprint density at radius 3 is 2.55 bits per heavy atom. The number of anilines is 2. The fourth-order valence-electron chi connectivity index (χ4n) is 3.37. The normalized spacial score (nSPS) is 12.4. The molecule has 162 valence electrons. The minimum atomic E-state index is -0.101. The van der Waals surface area contributed by atoms with Crippen molar-refractivity contribution in [1.82, 2.24) is 19.6 Å². The first-order chi connectivity index (χ1) is 15.1. The lowest BCUT2D eigenvalue weighted by atomic mass is 10.1. The predicted octanol–water partition coefficient (Wildman–Crippen LogP) is 4.30. The van der Waals surface area contributed by atoms with Crippen molar-refractivity contribution < 1.29 is 9.52 Å². The maximum Gasteiger partial charge on any atom is 0.229 e. The Bertz CT molecular complexity index is 1120. The summed E-state index contributed by atoms with van der Waals surface area (Å²) < 4.78 is 6.90. The molecule has 0 bridgehead atoms. The van der Waals surface area contributed by atoms with Crippen LogP contribution in [0.15, 0.2) is 53.5 Å². The van der Waals surface area contributed by atoms with Crippen molar-refractivity contribution in [3.05, 3.63) is 60.2 Å². The van der Waals surface area contributed by atoms with Crippen LogP contribution in [0.3, 0.4) is 0 Å².